The van der Waals surface area contributed by atoms with Crippen LogP contribution in [0, 0.1) is 0 Å². The standard InChI is InChI=1S/C21H25N5O4/c1-2-30-15-9-5-4-8-14(15)22-19(28)13-12-16(27)23-18-17(13)20(29)25-21(24-18)26-10-6-3-7-11-26/h4-5,8-9,13H,2-3,6-7,10-12H2,1H3,(H,22,28)(H2,23,24,25,27,29)/t13-/m1/s1. The highest BCUT2D eigenvalue weighted by molar-refractivity contribution is 6.04. The second kappa shape index (κ2) is 8.56. The molecule has 0 unspecified atom stereocenters. The van der Waals surface area contributed by atoms with Gasteiger partial charge in [-0.15, -0.1) is 0 Å². The first kappa shape index (κ1) is 19.9. The maximum atomic E-state index is 13.0. The summed E-state index contributed by atoms with van der Waals surface area (Å²) in [4.78, 5) is 47.5. The van der Waals surface area contributed by atoms with E-state index in [9.17, 15) is 14.4 Å². The van der Waals surface area contributed by atoms with Crippen molar-refractivity contribution >= 4 is 29.3 Å². The number of hydrogen-bond acceptors (Lipinski definition) is 6. The van der Waals surface area contributed by atoms with E-state index in [1.807, 2.05) is 11.8 Å². The van der Waals surface area contributed by atoms with Gasteiger partial charge in [0.15, 0.2) is 0 Å². The number of amides is 2. The molecule has 2 aromatic rings. The van der Waals surface area contributed by atoms with Crippen LogP contribution in [0.4, 0.5) is 17.5 Å². The minimum atomic E-state index is -0.935. The number of aromatic nitrogens is 2. The van der Waals surface area contributed by atoms with Gasteiger partial charge < -0.3 is 20.3 Å². The summed E-state index contributed by atoms with van der Waals surface area (Å²) in [6.45, 7) is 3.90. The number of hydrogen-bond donors (Lipinski definition) is 3. The van der Waals surface area contributed by atoms with E-state index in [0.717, 1.165) is 32.4 Å². The normalized spacial score (nSPS) is 18.4. The molecule has 1 atom stereocenters. The molecular formula is C21H25N5O4. The molecule has 2 aliphatic rings. The van der Waals surface area contributed by atoms with Crippen LogP contribution in [0.1, 0.15) is 44.1 Å². The summed E-state index contributed by atoms with van der Waals surface area (Å²) in [5.74, 6) is -0.605. The van der Waals surface area contributed by atoms with Gasteiger partial charge in [0, 0.05) is 19.5 Å². The van der Waals surface area contributed by atoms with Gasteiger partial charge in [-0.25, -0.2) is 0 Å². The van der Waals surface area contributed by atoms with Crippen molar-refractivity contribution in [1.29, 1.82) is 0 Å². The van der Waals surface area contributed by atoms with Crippen LogP contribution >= 0.6 is 0 Å². The van der Waals surface area contributed by atoms with E-state index in [2.05, 4.69) is 20.6 Å². The maximum Gasteiger partial charge on any atom is 0.258 e. The Labute approximate surface area is 173 Å². The predicted molar refractivity (Wildman–Crippen MR) is 113 cm³/mol. The number of nitrogens with one attached hydrogen (secondary N) is 3. The van der Waals surface area contributed by atoms with E-state index in [0.29, 0.717) is 24.0 Å². The van der Waals surface area contributed by atoms with Crippen LogP contribution < -0.4 is 25.8 Å². The van der Waals surface area contributed by atoms with Crippen LogP contribution in [0.15, 0.2) is 29.1 Å². The van der Waals surface area contributed by atoms with E-state index < -0.39 is 17.4 Å². The summed E-state index contributed by atoms with van der Waals surface area (Å²) in [6, 6.07) is 7.05. The number of piperidine rings is 1. The van der Waals surface area contributed by atoms with Crippen LogP contribution in [0.2, 0.25) is 0 Å². The number of fused-ring (bicyclic) bond motifs is 1. The van der Waals surface area contributed by atoms with Gasteiger partial charge in [0.2, 0.25) is 17.8 Å². The van der Waals surface area contributed by atoms with E-state index in [-0.39, 0.29) is 23.7 Å². The molecule has 0 spiro atoms. The third-order valence-corrected chi connectivity index (χ3v) is 5.36. The van der Waals surface area contributed by atoms with Crippen LogP contribution in [-0.4, -0.2) is 41.5 Å². The van der Waals surface area contributed by atoms with Crippen molar-refractivity contribution in [1.82, 2.24) is 9.97 Å². The van der Waals surface area contributed by atoms with Gasteiger partial charge >= 0.3 is 0 Å². The Bertz CT molecular complexity index is 1010. The minimum Gasteiger partial charge on any atom is -0.492 e. The molecule has 2 aliphatic heterocycles. The van der Waals surface area contributed by atoms with Crippen LogP contribution in [0.5, 0.6) is 5.75 Å². The van der Waals surface area contributed by atoms with E-state index in [4.69, 9.17) is 4.74 Å². The minimum absolute atomic E-state index is 0.122. The lowest BCUT2D eigenvalue weighted by atomic mass is 9.92. The number of carbonyl (C=O) groups excluding carboxylic acids is 2. The van der Waals surface area contributed by atoms with Crippen molar-refractivity contribution in [3.8, 4) is 5.75 Å². The number of carbonyl (C=O) groups is 2. The quantitative estimate of drug-likeness (QED) is 0.695. The second-order valence-corrected chi connectivity index (χ2v) is 7.42. The maximum absolute atomic E-state index is 13.0. The van der Waals surface area contributed by atoms with Crippen LogP contribution in [-0.2, 0) is 9.59 Å². The van der Waals surface area contributed by atoms with Crippen molar-refractivity contribution in [2.75, 3.05) is 35.2 Å². The Morgan fingerprint density at radius 2 is 2.00 bits per heavy atom. The van der Waals surface area contributed by atoms with Gasteiger partial charge in [0.1, 0.15) is 11.6 Å². The lowest BCUT2D eigenvalue weighted by Crippen LogP contribution is -2.38. The molecule has 1 aromatic heterocycles. The van der Waals surface area contributed by atoms with Crippen molar-refractivity contribution in [2.24, 2.45) is 0 Å². The summed E-state index contributed by atoms with van der Waals surface area (Å²) >= 11 is 0. The Morgan fingerprint density at radius 3 is 2.77 bits per heavy atom. The third kappa shape index (κ3) is 4.00. The van der Waals surface area contributed by atoms with Crippen molar-refractivity contribution in [3.63, 3.8) is 0 Å². The van der Waals surface area contributed by atoms with E-state index >= 15 is 0 Å². The first-order valence-corrected chi connectivity index (χ1v) is 10.3. The molecule has 30 heavy (non-hydrogen) atoms. The average Bonchev–Trinajstić information content (AvgIpc) is 2.75. The van der Waals surface area contributed by atoms with Gasteiger partial charge in [-0.1, -0.05) is 12.1 Å². The number of nitrogens with zero attached hydrogens (tertiary/aromatic N) is 2. The highest BCUT2D eigenvalue weighted by Gasteiger charge is 2.35. The fourth-order valence-corrected chi connectivity index (χ4v) is 3.91. The zero-order chi connectivity index (χ0) is 21.1. The lowest BCUT2D eigenvalue weighted by molar-refractivity contribution is -0.123. The highest BCUT2D eigenvalue weighted by Crippen LogP contribution is 2.32. The lowest BCUT2D eigenvalue weighted by Gasteiger charge is -2.29. The molecule has 4 rings (SSSR count). The second-order valence-electron chi connectivity index (χ2n) is 7.42. The molecular weight excluding hydrogens is 386 g/mol. The first-order valence-electron chi connectivity index (χ1n) is 10.3. The van der Waals surface area contributed by atoms with Gasteiger partial charge in [-0.05, 0) is 38.3 Å². The summed E-state index contributed by atoms with van der Waals surface area (Å²) in [5, 5.41) is 5.46. The fourth-order valence-electron chi connectivity index (χ4n) is 3.91. The molecule has 0 radical (unpaired) electrons. The number of rotatable bonds is 5. The molecule has 1 aromatic carbocycles. The SMILES string of the molecule is CCOc1ccccc1NC(=O)[C@@H]1CC(=O)Nc2nc(N3CCCCC3)[nH]c(=O)c21. The van der Waals surface area contributed by atoms with E-state index in [1.54, 1.807) is 24.3 Å². The molecule has 2 amide bonds. The summed E-state index contributed by atoms with van der Waals surface area (Å²) in [5.41, 5.74) is 0.270. The molecule has 0 bridgehead atoms. The van der Waals surface area contributed by atoms with Crippen LogP contribution in [0.3, 0.4) is 0 Å². The number of ether oxygens (including phenoxy) is 1. The average molecular weight is 411 g/mol. The number of H-pyrrole nitrogens is 1. The molecule has 0 aliphatic carbocycles. The molecule has 3 N–H and O–H groups in total. The molecule has 1 saturated heterocycles. The van der Waals surface area contributed by atoms with Gasteiger partial charge in [-0.3, -0.25) is 19.4 Å². The number of anilines is 3. The molecule has 9 heteroatoms. The molecule has 1 fully saturated rings. The highest BCUT2D eigenvalue weighted by atomic mass is 16.5. The van der Waals surface area contributed by atoms with E-state index in [1.165, 1.54) is 0 Å². The third-order valence-electron chi connectivity index (χ3n) is 5.36. The number of para-hydroxylation sites is 2. The molecule has 3 heterocycles. The number of aromatic amines is 1. The fraction of sp³-hybridized carbons (Fsp3) is 0.429. The zero-order valence-corrected chi connectivity index (χ0v) is 16.9. The number of benzene rings is 1. The Kier molecular flexibility index (Phi) is 5.69. The molecule has 9 nitrogen and oxygen atoms in total. The molecule has 158 valence electrons. The zero-order valence-electron chi connectivity index (χ0n) is 16.9. The molecule has 0 saturated carbocycles. The topological polar surface area (TPSA) is 116 Å². The van der Waals surface area contributed by atoms with Crippen LogP contribution in [0.25, 0.3) is 0 Å². The summed E-state index contributed by atoms with van der Waals surface area (Å²) in [7, 11) is 0. The van der Waals surface area contributed by atoms with Gasteiger partial charge in [-0.2, -0.15) is 4.98 Å². The summed E-state index contributed by atoms with van der Waals surface area (Å²) < 4.78 is 5.54. The smallest absolute Gasteiger partial charge is 0.258 e. The Hall–Kier alpha value is -3.36. The monoisotopic (exact) mass is 411 g/mol. The van der Waals surface area contributed by atoms with Gasteiger partial charge in [0.05, 0.1) is 23.8 Å². The van der Waals surface area contributed by atoms with Gasteiger partial charge in [0.25, 0.3) is 5.56 Å². The van der Waals surface area contributed by atoms with Crippen molar-refractivity contribution in [3.05, 3.63) is 40.2 Å². The van der Waals surface area contributed by atoms with Crippen molar-refractivity contribution < 1.29 is 14.3 Å². The largest absolute Gasteiger partial charge is 0.492 e. The van der Waals surface area contributed by atoms with Crippen molar-refractivity contribution in [2.45, 2.75) is 38.5 Å². The Morgan fingerprint density at radius 1 is 1.23 bits per heavy atom. The first-order chi connectivity index (χ1) is 14.6. The predicted octanol–water partition coefficient (Wildman–Crippen LogP) is 2.22. The Balaban J connectivity index is 1.64. The summed E-state index contributed by atoms with van der Waals surface area (Å²) in [6.07, 6.45) is 3.08.